The van der Waals surface area contributed by atoms with Gasteiger partial charge in [0.2, 0.25) is 6.79 Å². The molecule has 25 heavy (non-hydrogen) atoms. The van der Waals surface area contributed by atoms with Gasteiger partial charge in [-0.15, -0.1) is 24.0 Å². The Morgan fingerprint density at radius 1 is 1.12 bits per heavy atom. The minimum Gasteiger partial charge on any atom is -0.497 e. The number of anilines is 1. The second kappa shape index (κ2) is 9.21. The van der Waals surface area contributed by atoms with Crippen LogP contribution in [0.4, 0.5) is 5.69 Å². The van der Waals surface area contributed by atoms with Crippen molar-refractivity contribution in [3.05, 3.63) is 42.5 Å². The fourth-order valence-electron chi connectivity index (χ4n) is 2.16. The number of fused-ring (bicyclic) bond motifs is 1. The molecule has 0 saturated carbocycles. The van der Waals surface area contributed by atoms with Crippen LogP contribution in [0.1, 0.15) is 0 Å². The molecule has 0 aromatic heterocycles. The number of nitrogens with zero attached hydrogens (tertiary/aromatic N) is 1. The molecule has 0 spiro atoms. The average Bonchev–Trinajstić information content (AvgIpc) is 3.07. The quantitative estimate of drug-likeness (QED) is 0.300. The fourth-order valence-corrected chi connectivity index (χ4v) is 2.16. The first-order valence-corrected chi connectivity index (χ1v) is 7.48. The molecule has 0 atom stereocenters. The van der Waals surface area contributed by atoms with E-state index < -0.39 is 0 Å². The monoisotopic (exact) mass is 457 g/mol. The third kappa shape index (κ3) is 5.31. The summed E-state index contributed by atoms with van der Waals surface area (Å²) in [4.78, 5) is 4.22. The van der Waals surface area contributed by atoms with Crippen molar-refractivity contribution < 1.29 is 18.9 Å². The molecule has 0 amide bonds. The van der Waals surface area contributed by atoms with Gasteiger partial charge in [-0.05, 0) is 36.4 Å². The number of guanidine groups is 1. The molecule has 0 saturated heterocycles. The minimum absolute atomic E-state index is 0. The molecule has 1 aliphatic rings. The number of nitrogens with one attached hydrogen (secondary N) is 1. The Morgan fingerprint density at radius 2 is 1.84 bits per heavy atom. The lowest BCUT2D eigenvalue weighted by atomic mass is 10.3. The first kappa shape index (κ1) is 19.0. The minimum atomic E-state index is 0. The highest BCUT2D eigenvalue weighted by Gasteiger charge is 2.13. The second-order valence-corrected chi connectivity index (χ2v) is 4.98. The number of hydrogen-bond acceptors (Lipinski definition) is 5. The fraction of sp³-hybridized carbons (Fsp3) is 0.235. The van der Waals surface area contributed by atoms with E-state index in [1.165, 1.54) is 0 Å². The molecule has 134 valence electrons. The van der Waals surface area contributed by atoms with Crippen LogP contribution in [-0.2, 0) is 0 Å². The number of nitrogens with two attached hydrogens (primary N) is 1. The predicted octanol–water partition coefficient (Wildman–Crippen LogP) is 2.85. The Kier molecular flexibility index (Phi) is 6.99. The maximum Gasteiger partial charge on any atom is 0.231 e. The maximum absolute atomic E-state index is 5.85. The third-order valence-electron chi connectivity index (χ3n) is 3.35. The van der Waals surface area contributed by atoms with Crippen LogP contribution < -0.4 is 30.0 Å². The van der Waals surface area contributed by atoms with Crippen LogP contribution in [0.3, 0.4) is 0 Å². The van der Waals surface area contributed by atoms with E-state index in [0.717, 1.165) is 17.2 Å². The van der Waals surface area contributed by atoms with Gasteiger partial charge in [-0.1, -0.05) is 0 Å². The van der Waals surface area contributed by atoms with E-state index in [9.17, 15) is 0 Å². The summed E-state index contributed by atoms with van der Waals surface area (Å²) < 4.78 is 21.3. The van der Waals surface area contributed by atoms with E-state index in [1.54, 1.807) is 13.2 Å². The molecular weight excluding hydrogens is 437 g/mol. The highest BCUT2D eigenvalue weighted by Crippen LogP contribution is 2.34. The van der Waals surface area contributed by atoms with Crippen molar-refractivity contribution in [2.45, 2.75) is 0 Å². The standard InChI is InChI=1S/C17H19N3O4.HI/c1-21-13-4-2-12(3-5-13)20-17(18)19-8-9-22-14-6-7-15-16(10-14)24-11-23-15;/h2-7,10H,8-9,11H2,1H3,(H3,18,19,20);1H. The molecule has 0 unspecified atom stereocenters. The van der Waals surface area contributed by atoms with Gasteiger partial charge < -0.3 is 30.0 Å². The van der Waals surface area contributed by atoms with Crippen molar-refractivity contribution in [2.24, 2.45) is 10.7 Å². The number of rotatable bonds is 6. The van der Waals surface area contributed by atoms with E-state index in [-0.39, 0.29) is 30.8 Å². The average molecular weight is 457 g/mol. The molecule has 1 aliphatic heterocycles. The van der Waals surface area contributed by atoms with Gasteiger partial charge in [-0.3, -0.25) is 0 Å². The van der Waals surface area contributed by atoms with Gasteiger partial charge in [0.1, 0.15) is 18.1 Å². The summed E-state index contributed by atoms with van der Waals surface area (Å²) in [5.74, 6) is 3.24. The van der Waals surface area contributed by atoms with E-state index in [1.807, 2.05) is 36.4 Å². The van der Waals surface area contributed by atoms with Crippen LogP contribution >= 0.6 is 24.0 Å². The highest BCUT2D eigenvalue weighted by atomic mass is 127. The van der Waals surface area contributed by atoms with E-state index >= 15 is 0 Å². The lowest BCUT2D eigenvalue weighted by molar-refractivity contribution is 0.174. The Labute approximate surface area is 163 Å². The Hall–Kier alpha value is -2.36. The SMILES string of the molecule is COc1ccc(NC(N)=NCCOc2ccc3c(c2)OCO3)cc1.I. The number of methoxy groups -OCH3 is 1. The van der Waals surface area contributed by atoms with Gasteiger partial charge in [0, 0.05) is 11.8 Å². The van der Waals surface area contributed by atoms with Crippen molar-refractivity contribution in [3.63, 3.8) is 0 Å². The molecule has 3 rings (SSSR count). The van der Waals surface area contributed by atoms with Crippen LogP contribution in [0.15, 0.2) is 47.5 Å². The number of ether oxygens (including phenoxy) is 4. The van der Waals surface area contributed by atoms with Crippen LogP contribution in [-0.4, -0.2) is 33.0 Å². The summed E-state index contributed by atoms with van der Waals surface area (Å²) in [5.41, 5.74) is 6.69. The van der Waals surface area contributed by atoms with Crippen LogP contribution in [0.25, 0.3) is 0 Å². The van der Waals surface area contributed by atoms with Crippen molar-refractivity contribution >= 4 is 35.6 Å². The lowest BCUT2D eigenvalue weighted by Crippen LogP contribution is -2.23. The van der Waals surface area contributed by atoms with Gasteiger partial charge in [0.05, 0.1) is 13.7 Å². The number of hydrogen-bond donors (Lipinski definition) is 2. The number of aliphatic imine (C=N–C) groups is 1. The Balaban J connectivity index is 0.00000225. The number of halogens is 1. The van der Waals surface area contributed by atoms with E-state index in [2.05, 4.69) is 10.3 Å². The summed E-state index contributed by atoms with van der Waals surface area (Å²) in [6, 6.07) is 12.9. The normalized spacial score (nSPS) is 12.3. The van der Waals surface area contributed by atoms with Gasteiger partial charge in [0.15, 0.2) is 17.5 Å². The van der Waals surface area contributed by atoms with Crippen LogP contribution in [0, 0.1) is 0 Å². The summed E-state index contributed by atoms with van der Waals surface area (Å²) in [7, 11) is 1.62. The molecule has 3 N–H and O–H groups in total. The molecule has 2 aromatic rings. The predicted molar refractivity (Wildman–Crippen MR) is 107 cm³/mol. The molecule has 2 aromatic carbocycles. The Morgan fingerprint density at radius 3 is 2.60 bits per heavy atom. The van der Waals surface area contributed by atoms with Crippen LogP contribution in [0.2, 0.25) is 0 Å². The molecule has 7 nitrogen and oxygen atoms in total. The summed E-state index contributed by atoms with van der Waals surface area (Å²) in [6.07, 6.45) is 0. The van der Waals surface area contributed by atoms with Gasteiger partial charge in [-0.25, -0.2) is 4.99 Å². The topological polar surface area (TPSA) is 87.3 Å². The van der Waals surface area contributed by atoms with Crippen LogP contribution in [0.5, 0.6) is 23.0 Å². The maximum atomic E-state index is 5.85. The van der Waals surface area contributed by atoms with E-state index in [4.69, 9.17) is 24.7 Å². The third-order valence-corrected chi connectivity index (χ3v) is 3.35. The molecule has 8 heteroatoms. The molecule has 1 heterocycles. The summed E-state index contributed by atoms with van der Waals surface area (Å²) in [6.45, 7) is 1.09. The van der Waals surface area contributed by atoms with E-state index in [0.29, 0.717) is 30.6 Å². The first-order valence-electron chi connectivity index (χ1n) is 7.48. The zero-order valence-corrected chi connectivity index (χ0v) is 16.1. The summed E-state index contributed by atoms with van der Waals surface area (Å²) in [5, 5.41) is 3.01. The molecular formula is C17H20IN3O4. The van der Waals surface area contributed by atoms with Crippen molar-refractivity contribution in [3.8, 4) is 23.0 Å². The second-order valence-electron chi connectivity index (χ2n) is 4.98. The lowest BCUT2D eigenvalue weighted by Gasteiger charge is -2.08. The van der Waals surface area contributed by atoms with Gasteiger partial charge in [-0.2, -0.15) is 0 Å². The summed E-state index contributed by atoms with van der Waals surface area (Å²) >= 11 is 0. The largest absolute Gasteiger partial charge is 0.497 e. The van der Waals surface area contributed by atoms with Gasteiger partial charge >= 0.3 is 0 Å². The van der Waals surface area contributed by atoms with Crippen molar-refractivity contribution in [1.29, 1.82) is 0 Å². The van der Waals surface area contributed by atoms with Crippen molar-refractivity contribution in [2.75, 3.05) is 32.4 Å². The molecule has 0 aliphatic carbocycles. The molecule has 0 radical (unpaired) electrons. The first-order chi connectivity index (χ1) is 11.7. The Bertz CT molecular complexity index is 722. The number of benzene rings is 2. The molecule has 0 fully saturated rings. The smallest absolute Gasteiger partial charge is 0.231 e. The van der Waals surface area contributed by atoms with Crippen molar-refractivity contribution in [1.82, 2.24) is 0 Å². The highest BCUT2D eigenvalue weighted by molar-refractivity contribution is 14.0. The van der Waals surface area contributed by atoms with Gasteiger partial charge in [0.25, 0.3) is 0 Å². The zero-order valence-electron chi connectivity index (χ0n) is 13.7. The molecule has 0 bridgehead atoms. The zero-order chi connectivity index (χ0) is 16.8.